The monoisotopic (exact) mass is 397 g/mol. The summed E-state index contributed by atoms with van der Waals surface area (Å²) in [6.45, 7) is 3.71. The van der Waals surface area contributed by atoms with Gasteiger partial charge in [0.15, 0.2) is 11.0 Å². The predicted octanol–water partition coefficient (Wildman–Crippen LogP) is 4.64. The maximum absolute atomic E-state index is 12.7. The first-order chi connectivity index (χ1) is 13.2. The van der Waals surface area contributed by atoms with Crippen molar-refractivity contribution in [2.24, 2.45) is 5.73 Å². The van der Waals surface area contributed by atoms with Crippen molar-refractivity contribution in [3.05, 3.63) is 85.2 Å². The summed E-state index contributed by atoms with van der Waals surface area (Å²) in [6, 6.07) is 13.0. The number of benzene rings is 1. The van der Waals surface area contributed by atoms with Crippen LogP contribution in [0.4, 0.5) is 5.69 Å². The molecule has 27 heavy (non-hydrogen) atoms. The van der Waals surface area contributed by atoms with E-state index in [1.165, 1.54) is 18.0 Å². The van der Waals surface area contributed by atoms with E-state index in [9.17, 15) is 4.21 Å². The van der Waals surface area contributed by atoms with Crippen molar-refractivity contribution in [2.75, 3.05) is 10.5 Å². The third-order valence-electron chi connectivity index (χ3n) is 3.58. The molecule has 0 aliphatic carbocycles. The zero-order valence-corrected chi connectivity index (χ0v) is 16.1. The number of nitrogens with one attached hydrogen (secondary N) is 1. The molecule has 0 aliphatic heterocycles. The highest BCUT2D eigenvalue weighted by atomic mass is 32.2. The van der Waals surface area contributed by atoms with E-state index in [1.807, 2.05) is 42.5 Å². The van der Waals surface area contributed by atoms with E-state index in [0.29, 0.717) is 22.1 Å². The lowest BCUT2D eigenvalue weighted by molar-refractivity contribution is 0.504. The van der Waals surface area contributed by atoms with Gasteiger partial charge in [0.25, 0.3) is 0 Å². The highest BCUT2D eigenvalue weighted by Gasteiger charge is 2.13. The van der Waals surface area contributed by atoms with Gasteiger partial charge in [-0.1, -0.05) is 48.7 Å². The Balaban J connectivity index is 1.76. The average molecular weight is 398 g/mol. The topological polar surface area (TPSA) is 81.1 Å². The first-order valence-corrected chi connectivity index (χ1v) is 10.3. The Bertz CT molecular complexity index is 992. The van der Waals surface area contributed by atoms with E-state index in [0.717, 1.165) is 16.0 Å². The molecule has 0 fully saturated rings. The molecule has 5 nitrogen and oxygen atoms in total. The van der Waals surface area contributed by atoms with Crippen molar-refractivity contribution >= 4 is 39.4 Å². The van der Waals surface area contributed by atoms with Crippen LogP contribution in [0.25, 0.3) is 11.0 Å². The summed E-state index contributed by atoms with van der Waals surface area (Å²) in [6.07, 6.45) is 8.61. The minimum Gasteiger partial charge on any atom is -0.445 e. The fourth-order valence-electron chi connectivity index (χ4n) is 2.36. The van der Waals surface area contributed by atoms with Crippen LogP contribution in [0.3, 0.4) is 0 Å². The van der Waals surface area contributed by atoms with E-state index in [1.54, 1.807) is 24.4 Å². The van der Waals surface area contributed by atoms with Gasteiger partial charge in [0.1, 0.15) is 10.6 Å². The van der Waals surface area contributed by atoms with E-state index >= 15 is 0 Å². The second-order valence-electron chi connectivity index (χ2n) is 5.46. The number of hydrogen-bond acceptors (Lipinski definition) is 5. The molecule has 1 atom stereocenters. The van der Waals surface area contributed by atoms with Crippen LogP contribution in [-0.2, 0) is 11.0 Å². The number of furan rings is 1. The maximum Gasteiger partial charge on any atom is 0.212 e. The molecule has 2 aromatic heterocycles. The number of nitrogens with zero attached hydrogens (tertiary/aromatic N) is 1. The van der Waals surface area contributed by atoms with Gasteiger partial charge in [-0.15, -0.1) is 0 Å². The van der Waals surface area contributed by atoms with Gasteiger partial charge in [0.05, 0.1) is 5.69 Å². The van der Waals surface area contributed by atoms with Gasteiger partial charge in [0.2, 0.25) is 5.09 Å². The van der Waals surface area contributed by atoms with Crippen molar-refractivity contribution in [2.45, 2.75) is 10.1 Å². The lowest BCUT2D eigenvalue weighted by Gasteiger charge is -2.09. The molecular formula is C20H19N3O2S2. The second-order valence-corrected chi connectivity index (χ2v) is 7.56. The number of fused-ring (bicyclic) bond motifs is 1. The summed E-state index contributed by atoms with van der Waals surface area (Å²) in [5, 5.41) is 2.02. The highest BCUT2D eigenvalue weighted by Crippen LogP contribution is 2.28. The molecule has 138 valence electrons. The quantitative estimate of drug-likeness (QED) is 0.427. The zero-order chi connectivity index (χ0) is 19.1. The zero-order valence-electron chi connectivity index (χ0n) is 14.5. The minimum atomic E-state index is -1.53. The van der Waals surface area contributed by atoms with Gasteiger partial charge < -0.3 is 10.2 Å². The molecule has 0 saturated heterocycles. The Hall–Kier alpha value is -2.77. The smallest absolute Gasteiger partial charge is 0.212 e. The number of thioether (sulfide) groups is 1. The normalized spacial score (nSPS) is 13.1. The molecule has 1 unspecified atom stereocenters. The number of allylic oxidation sites excluding steroid dienone is 3. The van der Waals surface area contributed by atoms with Crippen LogP contribution in [-0.4, -0.2) is 14.9 Å². The molecule has 3 aromatic rings. The highest BCUT2D eigenvalue weighted by molar-refractivity contribution is 7.99. The van der Waals surface area contributed by atoms with Crippen molar-refractivity contribution < 1.29 is 8.63 Å². The van der Waals surface area contributed by atoms with Crippen LogP contribution in [0.15, 0.2) is 99.8 Å². The Labute approximate surface area is 164 Å². The van der Waals surface area contributed by atoms with E-state index in [-0.39, 0.29) is 0 Å². The lowest BCUT2D eigenvalue weighted by Crippen LogP contribution is -2.05. The number of para-hydroxylation sites is 1. The SMILES string of the molecule is C=C/C=C(\C=C\N)CSc1ncccc1NS(=O)c1cc2ccccc2o1. The van der Waals surface area contributed by atoms with Gasteiger partial charge in [-0.05, 0) is 36.0 Å². The first kappa shape index (κ1) is 19.0. The molecule has 0 spiro atoms. The molecule has 3 rings (SSSR count). The summed E-state index contributed by atoms with van der Waals surface area (Å²) in [7, 11) is -1.53. The number of aromatic nitrogens is 1. The van der Waals surface area contributed by atoms with Gasteiger partial charge in [-0.25, -0.2) is 9.19 Å². The third kappa shape index (κ3) is 4.90. The molecule has 0 amide bonds. The minimum absolute atomic E-state index is 0.370. The Morgan fingerprint density at radius 1 is 1.33 bits per heavy atom. The summed E-state index contributed by atoms with van der Waals surface area (Å²) in [4.78, 5) is 4.39. The van der Waals surface area contributed by atoms with Crippen molar-refractivity contribution in [3.63, 3.8) is 0 Å². The summed E-state index contributed by atoms with van der Waals surface area (Å²) < 4.78 is 21.4. The number of nitrogens with two attached hydrogens (primary N) is 1. The summed E-state index contributed by atoms with van der Waals surface area (Å²) in [5.41, 5.74) is 7.87. The Morgan fingerprint density at radius 3 is 2.96 bits per heavy atom. The molecule has 0 saturated carbocycles. The summed E-state index contributed by atoms with van der Waals surface area (Å²) >= 11 is 1.52. The number of pyridine rings is 1. The fraction of sp³-hybridized carbons (Fsp3) is 0.0500. The number of hydrogen-bond donors (Lipinski definition) is 2. The van der Waals surface area contributed by atoms with Crippen LogP contribution in [0.1, 0.15) is 0 Å². The molecular weight excluding hydrogens is 378 g/mol. The molecule has 0 aliphatic rings. The average Bonchev–Trinajstić information content (AvgIpc) is 3.12. The van der Waals surface area contributed by atoms with Crippen LogP contribution in [0.2, 0.25) is 0 Å². The molecule has 1 aromatic carbocycles. The van der Waals surface area contributed by atoms with Crippen LogP contribution < -0.4 is 10.5 Å². The van der Waals surface area contributed by atoms with E-state index < -0.39 is 11.0 Å². The van der Waals surface area contributed by atoms with Gasteiger partial charge in [-0.3, -0.25) is 4.72 Å². The molecule has 2 heterocycles. The standard InChI is InChI=1S/C20H19N3O2S2/c1-2-6-15(10-11-21)14-26-20-17(8-5-12-22-20)23-27(24)19-13-16-7-3-4-9-18(16)25-19/h2-13,23H,1,14,21H2/b11-10+,15-6+. The van der Waals surface area contributed by atoms with Gasteiger partial charge >= 0.3 is 0 Å². The van der Waals surface area contributed by atoms with Crippen molar-refractivity contribution in [1.29, 1.82) is 0 Å². The van der Waals surface area contributed by atoms with Crippen LogP contribution in [0.5, 0.6) is 0 Å². The lowest BCUT2D eigenvalue weighted by atomic mass is 10.3. The van der Waals surface area contributed by atoms with E-state index in [2.05, 4.69) is 16.3 Å². The number of anilines is 1. The van der Waals surface area contributed by atoms with Crippen molar-refractivity contribution in [1.82, 2.24) is 4.98 Å². The Morgan fingerprint density at radius 2 is 2.19 bits per heavy atom. The molecule has 0 bridgehead atoms. The predicted molar refractivity (Wildman–Crippen MR) is 113 cm³/mol. The maximum atomic E-state index is 12.7. The van der Waals surface area contributed by atoms with Crippen LogP contribution >= 0.6 is 11.8 Å². The third-order valence-corrected chi connectivity index (χ3v) is 5.63. The fourth-order valence-corrected chi connectivity index (χ4v) is 4.20. The molecule has 7 heteroatoms. The molecule has 3 N–H and O–H groups in total. The van der Waals surface area contributed by atoms with E-state index in [4.69, 9.17) is 10.2 Å². The summed E-state index contributed by atoms with van der Waals surface area (Å²) in [5.74, 6) is 0.655. The van der Waals surface area contributed by atoms with Gasteiger partial charge in [0, 0.05) is 23.4 Å². The molecule has 0 radical (unpaired) electrons. The van der Waals surface area contributed by atoms with Crippen molar-refractivity contribution in [3.8, 4) is 0 Å². The number of rotatable bonds is 8. The van der Waals surface area contributed by atoms with Gasteiger partial charge in [-0.2, -0.15) is 0 Å². The van der Waals surface area contributed by atoms with Crippen LogP contribution in [0, 0.1) is 0 Å². The second kappa shape index (κ2) is 9.25. The first-order valence-electron chi connectivity index (χ1n) is 8.16. The largest absolute Gasteiger partial charge is 0.445 e. The Kier molecular flexibility index (Phi) is 6.51.